The Bertz CT molecular complexity index is 1160. The van der Waals surface area contributed by atoms with Crippen molar-refractivity contribution in [1.29, 1.82) is 0 Å². The van der Waals surface area contributed by atoms with E-state index < -0.39 is 0 Å². The van der Waals surface area contributed by atoms with Crippen LogP contribution in [0.25, 0.3) is 22.3 Å². The van der Waals surface area contributed by atoms with Crippen molar-refractivity contribution in [1.82, 2.24) is 4.90 Å². The Morgan fingerprint density at radius 3 is 2.17 bits per heavy atom. The van der Waals surface area contributed by atoms with Gasteiger partial charge in [0, 0.05) is 18.7 Å². The SMILES string of the molecule is C=CC(=O)N(C)C1CCC(c2ccc(-c3ccc(-c4ccc(CCCCC)cc4)cc3F)cc2)CC1. The van der Waals surface area contributed by atoms with Gasteiger partial charge in [0.15, 0.2) is 0 Å². The van der Waals surface area contributed by atoms with Crippen molar-refractivity contribution < 1.29 is 9.18 Å². The molecular formula is C33H38FNO. The molecule has 1 amide bonds. The standard InChI is InChI=1S/C33H38FNO/c1-4-6-7-8-24-9-11-27(12-10-24)29-19-22-31(32(34)23-29)28-15-13-25(14-16-28)26-17-20-30(21-18-26)35(3)33(36)5-2/h5,9-16,19,22-23,26,30H,2,4,6-8,17-18,20-21H2,1,3H3. The molecule has 0 heterocycles. The number of hydrogen-bond donors (Lipinski definition) is 0. The number of benzene rings is 3. The summed E-state index contributed by atoms with van der Waals surface area (Å²) in [5, 5.41) is 0. The zero-order valence-corrected chi connectivity index (χ0v) is 21.7. The van der Waals surface area contributed by atoms with Gasteiger partial charge in [-0.2, -0.15) is 0 Å². The van der Waals surface area contributed by atoms with Crippen LogP contribution in [0.15, 0.2) is 79.4 Å². The highest BCUT2D eigenvalue weighted by atomic mass is 19.1. The molecule has 1 aliphatic rings. The summed E-state index contributed by atoms with van der Waals surface area (Å²) in [6, 6.07) is 22.7. The van der Waals surface area contributed by atoms with E-state index >= 15 is 4.39 Å². The van der Waals surface area contributed by atoms with Gasteiger partial charge in [0.2, 0.25) is 5.91 Å². The first-order valence-electron chi connectivity index (χ1n) is 13.4. The van der Waals surface area contributed by atoms with Gasteiger partial charge in [-0.05, 0) is 84.4 Å². The lowest BCUT2D eigenvalue weighted by Gasteiger charge is -2.34. The van der Waals surface area contributed by atoms with Crippen LogP contribution in [0, 0.1) is 5.82 Å². The third-order valence-corrected chi connectivity index (χ3v) is 7.79. The maximum absolute atomic E-state index is 15.1. The van der Waals surface area contributed by atoms with Crippen molar-refractivity contribution >= 4 is 5.91 Å². The van der Waals surface area contributed by atoms with Gasteiger partial charge < -0.3 is 4.90 Å². The van der Waals surface area contributed by atoms with Gasteiger partial charge in [-0.3, -0.25) is 4.79 Å². The van der Waals surface area contributed by atoms with E-state index in [1.807, 2.05) is 36.2 Å². The number of amides is 1. The van der Waals surface area contributed by atoms with E-state index in [1.54, 1.807) is 6.07 Å². The normalized spacial score (nSPS) is 17.5. The third kappa shape index (κ3) is 6.13. The lowest BCUT2D eigenvalue weighted by molar-refractivity contribution is -0.127. The summed E-state index contributed by atoms with van der Waals surface area (Å²) >= 11 is 0. The second kappa shape index (κ2) is 12.2. The highest BCUT2D eigenvalue weighted by Crippen LogP contribution is 2.36. The van der Waals surface area contributed by atoms with Crippen LogP contribution in [-0.4, -0.2) is 23.9 Å². The van der Waals surface area contributed by atoms with Gasteiger partial charge in [-0.1, -0.05) is 87.0 Å². The number of rotatable bonds is 9. The number of nitrogens with zero attached hydrogens (tertiary/aromatic N) is 1. The average Bonchev–Trinajstić information content (AvgIpc) is 2.93. The maximum atomic E-state index is 15.1. The van der Waals surface area contributed by atoms with Gasteiger partial charge in [0.05, 0.1) is 0 Å². The molecule has 4 rings (SSSR count). The number of likely N-dealkylation sites (N-methyl/N-ethyl adjacent to an activating group) is 1. The fourth-order valence-corrected chi connectivity index (χ4v) is 5.43. The summed E-state index contributed by atoms with van der Waals surface area (Å²) in [5.41, 5.74) is 6.13. The quantitative estimate of drug-likeness (QED) is 0.220. The van der Waals surface area contributed by atoms with Crippen LogP contribution in [0.5, 0.6) is 0 Å². The molecule has 1 saturated carbocycles. The molecule has 1 fully saturated rings. The number of hydrogen-bond acceptors (Lipinski definition) is 1. The second-order valence-electron chi connectivity index (χ2n) is 10.1. The first-order chi connectivity index (χ1) is 17.5. The summed E-state index contributed by atoms with van der Waals surface area (Å²) in [7, 11) is 1.87. The van der Waals surface area contributed by atoms with E-state index in [1.165, 1.54) is 36.5 Å². The minimum absolute atomic E-state index is 0.00438. The van der Waals surface area contributed by atoms with Crippen LogP contribution in [0.2, 0.25) is 0 Å². The lowest BCUT2D eigenvalue weighted by Crippen LogP contribution is -2.38. The molecule has 0 radical (unpaired) electrons. The topological polar surface area (TPSA) is 20.3 Å². The Morgan fingerprint density at radius 2 is 1.56 bits per heavy atom. The molecule has 0 unspecified atom stereocenters. The van der Waals surface area contributed by atoms with E-state index in [4.69, 9.17) is 0 Å². The van der Waals surface area contributed by atoms with Crippen molar-refractivity contribution in [2.24, 2.45) is 0 Å². The Morgan fingerprint density at radius 1 is 0.917 bits per heavy atom. The molecule has 36 heavy (non-hydrogen) atoms. The smallest absolute Gasteiger partial charge is 0.245 e. The fraction of sp³-hybridized carbons (Fsp3) is 0.364. The monoisotopic (exact) mass is 483 g/mol. The molecule has 0 aromatic heterocycles. The largest absolute Gasteiger partial charge is 0.339 e. The van der Waals surface area contributed by atoms with Crippen molar-refractivity contribution in [3.63, 3.8) is 0 Å². The summed E-state index contributed by atoms with van der Waals surface area (Å²) in [4.78, 5) is 13.7. The summed E-state index contributed by atoms with van der Waals surface area (Å²) in [6.07, 6.45) is 10.3. The molecule has 0 bridgehead atoms. The number of halogens is 1. The molecule has 2 nitrogen and oxygen atoms in total. The zero-order valence-electron chi connectivity index (χ0n) is 21.7. The Hall–Kier alpha value is -3.20. The first kappa shape index (κ1) is 25.9. The van der Waals surface area contributed by atoms with E-state index in [0.717, 1.165) is 48.8 Å². The predicted octanol–water partition coefficient (Wildman–Crippen LogP) is 8.56. The van der Waals surface area contributed by atoms with Gasteiger partial charge >= 0.3 is 0 Å². The highest BCUT2D eigenvalue weighted by molar-refractivity contribution is 5.87. The lowest BCUT2D eigenvalue weighted by atomic mass is 9.81. The average molecular weight is 484 g/mol. The van der Waals surface area contributed by atoms with E-state index in [9.17, 15) is 4.79 Å². The highest BCUT2D eigenvalue weighted by Gasteiger charge is 2.26. The number of carbonyl (C=O) groups excluding carboxylic acids is 1. The number of aryl methyl sites for hydroxylation is 1. The minimum Gasteiger partial charge on any atom is -0.339 e. The Labute approximate surface area is 215 Å². The van der Waals surface area contributed by atoms with Crippen molar-refractivity contribution in [3.05, 3.63) is 96.3 Å². The maximum Gasteiger partial charge on any atom is 0.245 e. The Balaban J connectivity index is 1.39. The van der Waals surface area contributed by atoms with Gasteiger partial charge in [-0.25, -0.2) is 4.39 Å². The molecule has 0 atom stereocenters. The summed E-state index contributed by atoms with van der Waals surface area (Å²) in [6.45, 7) is 5.81. The Kier molecular flexibility index (Phi) is 8.74. The minimum atomic E-state index is -0.192. The van der Waals surface area contributed by atoms with Crippen LogP contribution in [0.3, 0.4) is 0 Å². The molecule has 3 heteroatoms. The van der Waals surface area contributed by atoms with E-state index in [-0.39, 0.29) is 17.8 Å². The van der Waals surface area contributed by atoms with E-state index in [2.05, 4.69) is 49.9 Å². The molecule has 1 aliphatic carbocycles. The summed E-state index contributed by atoms with van der Waals surface area (Å²) in [5.74, 6) is 0.290. The van der Waals surface area contributed by atoms with Crippen molar-refractivity contribution in [2.45, 2.75) is 70.3 Å². The van der Waals surface area contributed by atoms with Crippen LogP contribution >= 0.6 is 0 Å². The molecule has 0 saturated heterocycles. The molecule has 0 spiro atoms. The summed E-state index contributed by atoms with van der Waals surface area (Å²) < 4.78 is 15.1. The fourth-order valence-electron chi connectivity index (χ4n) is 5.43. The van der Waals surface area contributed by atoms with Crippen LogP contribution < -0.4 is 0 Å². The van der Waals surface area contributed by atoms with Crippen LogP contribution in [-0.2, 0) is 11.2 Å². The van der Waals surface area contributed by atoms with Gasteiger partial charge in [-0.15, -0.1) is 0 Å². The van der Waals surface area contributed by atoms with Crippen molar-refractivity contribution in [3.8, 4) is 22.3 Å². The number of carbonyl (C=O) groups is 1. The van der Waals surface area contributed by atoms with E-state index in [0.29, 0.717) is 11.5 Å². The molecule has 0 aliphatic heterocycles. The van der Waals surface area contributed by atoms with Crippen LogP contribution in [0.4, 0.5) is 4.39 Å². The first-order valence-corrected chi connectivity index (χ1v) is 13.4. The van der Waals surface area contributed by atoms with Crippen LogP contribution in [0.1, 0.15) is 68.9 Å². The predicted molar refractivity (Wildman–Crippen MR) is 148 cm³/mol. The molecular weight excluding hydrogens is 445 g/mol. The number of unbranched alkanes of at least 4 members (excludes halogenated alkanes) is 2. The van der Waals surface area contributed by atoms with Gasteiger partial charge in [0.1, 0.15) is 5.82 Å². The second-order valence-corrected chi connectivity index (χ2v) is 10.1. The zero-order chi connectivity index (χ0) is 25.5. The van der Waals surface area contributed by atoms with Gasteiger partial charge in [0.25, 0.3) is 0 Å². The molecule has 188 valence electrons. The molecule has 0 N–H and O–H groups in total. The molecule has 3 aromatic carbocycles. The molecule has 3 aromatic rings. The van der Waals surface area contributed by atoms with Crippen molar-refractivity contribution in [2.75, 3.05) is 7.05 Å². The third-order valence-electron chi connectivity index (χ3n) is 7.79.